The first-order valence-electron chi connectivity index (χ1n) is 10.5. The molecule has 170 valence electrons. The molecule has 1 heterocycles. The number of carbonyl (C=O) groups excluding carboxylic acids is 2. The van der Waals surface area contributed by atoms with Crippen LogP contribution in [-0.4, -0.2) is 31.0 Å². The maximum Gasteiger partial charge on any atom is 0.300 e. The van der Waals surface area contributed by atoms with E-state index in [9.17, 15) is 14.7 Å². The van der Waals surface area contributed by atoms with Crippen LogP contribution in [0.25, 0.3) is 5.76 Å². The normalized spacial score (nSPS) is 16.9. The van der Waals surface area contributed by atoms with Crippen LogP contribution in [0.2, 0.25) is 0 Å². The van der Waals surface area contributed by atoms with Crippen LogP contribution in [0, 0.1) is 18.3 Å². The van der Waals surface area contributed by atoms with Crippen molar-refractivity contribution in [3.8, 4) is 17.6 Å². The number of nitriles is 1. The number of ether oxygens (including phenoxy) is 2. The lowest BCUT2D eigenvalue weighted by atomic mass is 9.94. The maximum atomic E-state index is 13.3. The molecule has 1 amide bonds. The number of nitrogens with zero attached hydrogens (tertiary/aromatic N) is 2. The van der Waals surface area contributed by atoms with Crippen LogP contribution in [0.15, 0.2) is 72.3 Å². The number of anilines is 1. The van der Waals surface area contributed by atoms with Gasteiger partial charge in [-0.15, -0.1) is 0 Å². The maximum absolute atomic E-state index is 13.3. The number of rotatable bonds is 5. The largest absolute Gasteiger partial charge is 0.507 e. The predicted octanol–water partition coefficient (Wildman–Crippen LogP) is 4.51. The van der Waals surface area contributed by atoms with Crippen LogP contribution in [0.4, 0.5) is 5.69 Å². The van der Waals surface area contributed by atoms with E-state index in [1.165, 1.54) is 19.1 Å². The molecule has 3 aromatic rings. The fraction of sp³-hybridized carbons (Fsp3) is 0.148. The average Bonchev–Trinajstić information content (AvgIpc) is 3.13. The monoisotopic (exact) mass is 454 g/mol. The lowest BCUT2D eigenvalue weighted by molar-refractivity contribution is -0.132. The van der Waals surface area contributed by atoms with Crippen LogP contribution in [-0.2, 0) is 9.59 Å². The molecule has 1 unspecified atom stereocenters. The number of aliphatic hydroxyl groups is 1. The second kappa shape index (κ2) is 9.12. The first-order chi connectivity index (χ1) is 16.4. The Morgan fingerprint density at radius 3 is 2.29 bits per heavy atom. The number of aliphatic hydroxyl groups excluding tert-OH is 1. The number of Topliss-reactive ketones (excluding diaryl/α,β-unsaturated/α-hetero) is 1. The van der Waals surface area contributed by atoms with E-state index in [1.54, 1.807) is 42.5 Å². The van der Waals surface area contributed by atoms with Gasteiger partial charge in [-0.1, -0.05) is 29.8 Å². The Morgan fingerprint density at radius 1 is 0.971 bits per heavy atom. The number of methoxy groups -OCH3 is 2. The summed E-state index contributed by atoms with van der Waals surface area (Å²) in [5.74, 6) is -1.05. The van der Waals surface area contributed by atoms with Crippen LogP contribution < -0.4 is 14.4 Å². The molecule has 7 heteroatoms. The molecule has 1 aliphatic rings. The molecular weight excluding hydrogens is 432 g/mol. The number of ketones is 1. The number of amides is 1. The first-order valence-corrected chi connectivity index (χ1v) is 10.5. The van der Waals surface area contributed by atoms with E-state index in [1.807, 2.05) is 37.3 Å². The van der Waals surface area contributed by atoms with Gasteiger partial charge in [0.2, 0.25) is 0 Å². The van der Waals surface area contributed by atoms with E-state index in [2.05, 4.69) is 0 Å². The highest BCUT2D eigenvalue weighted by molar-refractivity contribution is 6.51. The second-order valence-electron chi connectivity index (χ2n) is 7.81. The number of carbonyl (C=O) groups is 2. The van der Waals surface area contributed by atoms with E-state index < -0.39 is 17.7 Å². The summed E-state index contributed by atoms with van der Waals surface area (Å²) in [6.07, 6.45) is 0. The van der Waals surface area contributed by atoms with Crippen LogP contribution in [0.5, 0.6) is 11.5 Å². The Labute approximate surface area is 197 Å². The van der Waals surface area contributed by atoms with Crippen LogP contribution >= 0.6 is 0 Å². The van der Waals surface area contributed by atoms with Gasteiger partial charge in [-0.3, -0.25) is 14.5 Å². The smallest absolute Gasteiger partial charge is 0.300 e. The van der Waals surface area contributed by atoms with E-state index in [0.29, 0.717) is 33.9 Å². The van der Waals surface area contributed by atoms with Crippen molar-refractivity contribution in [1.29, 1.82) is 5.26 Å². The molecule has 7 nitrogen and oxygen atoms in total. The molecule has 4 rings (SSSR count). The van der Waals surface area contributed by atoms with Crippen molar-refractivity contribution in [3.63, 3.8) is 0 Å². The number of benzene rings is 3. The fourth-order valence-electron chi connectivity index (χ4n) is 4.09. The molecule has 0 spiro atoms. The van der Waals surface area contributed by atoms with Crippen molar-refractivity contribution in [2.45, 2.75) is 13.0 Å². The van der Waals surface area contributed by atoms with Gasteiger partial charge in [0.05, 0.1) is 37.5 Å². The molecule has 0 aromatic heterocycles. The van der Waals surface area contributed by atoms with Crippen molar-refractivity contribution in [2.24, 2.45) is 0 Å². The van der Waals surface area contributed by atoms with Gasteiger partial charge < -0.3 is 14.6 Å². The minimum absolute atomic E-state index is 0.0350. The minimum atomic E-state index is -0.860. The summed E-state index contributed by atoms with van der Waals surface area (Å²) in [5, 5.41) is 20.4. The summed E-state index contributed by atoms with van der Waals surface area (Å²) in [6, 6.07) is 19.8. The van der Waals surface area contributed by atoms with E-state index in [-0.39, 0.29) is 11.3 Å². The summed E-state index contributed by atoms with van der Waals surface area (Å²) in [4.78, 5) is 27.8. The van der Waals surface area contributed by atoms with Gasteiger partial charge in [-0.2, -0.15) is 5.26 Å². The molecule has 1 atom stereocenters. The Bertz CT molecular complexity index is 1350. The van der Waals surface area contributed by atoms with Crippen molar-refractivity contribution < 1.29 is 24.2 Å². The lowest BCUT2D eigenvalue weighted by Gasteiger charge is -2.25. The van der Waals surface area contributed by atoms with Crippen molar-refractivity contribution in [2.75, 3.05) is 19.1 Å². The summed E-state index contributed by atoms with van der Waals surface area (Å²) in [6.45, 7) is 1.91. The molecule has 1 aliphatic heterocycles. The molecular formula is C27H22N2O5. The highest BCUT2D eigenvalue weighted by Gasteiger charge is 2.47. The fourth-order valence-corrected chi connectivity index (χ4v) is 4.09. The molecule has 1 N–H and O–H groups in total. The Balaban J connectivity index is 1.94. The van der Waals surface area contributed by atoms with E-state index in [0.717, 1.165) is 5.56 Å². The molecule has 0 bridgehead atoms. The number of aryl methyl sites for hydroxylation is 1. The van der Waals surface area contributed by atoms with Gasteiger partial charge in [-0.25, -0.2) is 0 Å². The van der Waals surface area contributed by atoms with Crippen molar-refractivity contribution in [3.05, 3.63) is 94.6 Å². The Kier molecular flexibility index (Phi) is 6.07. The average molecular weight is 454 g/mol. The molecule has 3 aromatic carbocycles. The van der Waals surface area contributed by atoms with Gasteiger partial charge in [0.1, 0.15) is 5.76 Å². The Hall–Kier alpha value is -4.57. The van der Waals surface area contributed by atoms with Crippen molar-refractivity contribution >= 4 is 23.1 Å². The summed E-state index contributed by atoms with van der Waals surface area (Å²) >= 11 is 0. The minimum Gasteiger partial charge on any atom is -0.507 e. The van der Waals surface area contributed by atoms with Gasteiger partial charge in [0.15, 0.2) is 11.5 Å². The topological polar surface area (TPSA) is 99.9 Å². The first kappa shape index (κ1) is 22.6. The second-order valence-corrected chi connectivity index (χ2v) is 7.81. The third-order valence-electron chi connectivity index (χ3n) is 5.73. The summed E-state index contributed by atoms with van der Waals surface area (Å²) < 4.78 is 10.6. The molecule has 34 heavy (non-hydrogen) atoms. The van der Waals surface area contributed by atoms with Gasteiger partial charge in [0.25, 0.3) is 11.7 Å². The Morgan fingerprint density at radius 2 is 1.68 bits per heavy atom. The molecule has 0 radical (unpaired) electrons. The molecule has 0 aliphatic carbocycles. The zero-order valence-electron chi connectivity index (χ0n) is 18.9. The lowest BCUT2D eigenvalue weighted by Crippen LogP contribution is -2.29. The standard InChI is InChI=1S/C27H22N2O5/c1-16-5-4-6-18(13-16)24-23(25(30)19-9-12-21(33-2)22(14-19)34-3)26(31)27(32)29(24)20-10-7-17(15-28)8-11-20/h4-14,24,30H,1-3H3/b25-23-. The third-order valence-corrected chi connectivity index (χ3v) is 5.73. The zero-order chi connectivity index (χ0) is 24.4. The predicted molar refractivity (Wildman–Crippen MR) is 127 cm³/mol. The highest BCUT2D eigenvalue weighted by atomic mass is 16.5. The van der Waals surface area contributed by atoms with Gasteiger partial charge in [-0.05, 0) is 55.0 Å². The van der Waals surface area contributed by atoms with Crippen LogP contribution in [0.1, 0.15) is 28.3 Å². The number of hydrogen-bond acceptors (Lipinski definition) is 6. The molecule has 1 saturated heterocycles. The number of hydrogen-bond donors (Lipinski definition) is 1. The highest BCUT2D eigenvalue weighted by Crippen LogP contribution is 2.43. The molecule has 1 fully saturated rings. The zero-order valence-corrected chi connectivity index (χ0v) is 18.9. The van der Waals surface area contributed by atoms with Gasteiger partial charge in [0, 0.05) is 11.3 Å². The van der Waals surface area contributed by atoms with Crippen LogP contribution in [0.3, 0.4) is 0 Å². The summed E-state index contributed by atoms with van der Waals surface area (Å²) in [7, 11) is 2.97. The molecule has 0 saturated carbocycles. The SMILES string of the molecule is COc1ccc(/C(O)=C2/C(=O)C(=O)N(c3ccc(C#N)cc3)C2c2cccc(C)c2)cc1OC. The van der Waals surface area contributed by atoms with Crippen molar-refractivity contribution in [1.82, 2.24) is 0 Å². The quantitative estimate of drug-likeness (QED) is 0.346. The van der Waals surface area contributed by atoms with E-state index >= 15 is 0 Å². The summed E-state index contributed by atoms with van der Waals surface area (Å²) in [5.41, 5.74) is 2.76. The van der Waals surface area contributed by atoms with E-state index in [4.69, 9.17) is 14.7 Å². The van der Waals surface area contributed by atoms with Gasteiger partial charge >= 0.3 is 0 Å². The third kappa shape index (κ3) is 3.86.